The van der Waals surface area contributed by atoms with E-state index in [4.69, 9.17) is 4.74 Å². The van der Waals surface area contributed by atoms with E-state index in [2.05, 4.69) is 266 Å². The van der Waals surface area contributed by atoms with E-state index in [9.17, 15) is 0 Å². The molecule has 0 N–H and O–H groups in total. The molecule has 0 unspecified atom stereocenters. The van der Waals surface area contributed by atoms with Crippen LogP contribution in [0, 0.1) is 0 Å². The molecule has 0 saturated carbocycles. The van der Waals surface area contributed by atoms with Gasteiger partial charge in [-0.05, 0) is 141 Å². The van der Waals surface area contributed by atoms with Crippen LogP contribution in [0.2, 0.25) is 0 Å². The molecule has 0 atom stereocenters. The van der Waals surface area contributed by atoms with Gasteiger partial charge in [-0.3, -0.25) is 0 Å². The molecule has 4 aliphatic rings. The van der Waals surface area contributed by atoms with E-state index in [-0.39, 0.29) is 5.41 Å². The second kappa shape index (κ2) is 15.9. The first-order valence-corrected chi connectivity index (χ1v) is 25.0. The highest BCUT2D eigenvalue weighted by Gasteiger charge is 2.46. The maximum Gasteiger partial charge on any atom is 0.137 e. The molecule has 0 amide bonds. The van der Waals surface area contributed by atoms with Gasteiger partial charge >= 0.3 is 0 Å². The summed E-state index contributed by atoms with van der Waals surface area (Å²) in [6, 6.07) is 83.2. The van der Waals surface area contributed by atoms with Crippen molar-refractivity contribution in [1.29, 1.82) is 0 Å². The van der Waals surface area contributed by atoms with E-state index >= 15 is 0 Å². The number of fused-ring (bicyclic) bond motifs is 8. The highest BCUT2D eigenvalue weighted by atomic mass is 16.5. The fourth-order valence-corrected chi connectivity index (χ4v) is 12.6. The van der Waals surface area contributed by atoms with Gasteiger partial charge < -0.3 is 14.5 Å². The summed E-state index contributed by atoms with van der Waals surface area (Å²) in [4.78, 5) is 4.88. The number of anilines is 5. The predicted octanol–water partition coefficient (Wildman–Crippen LogP) is 18.1. The zero-order valence-corrected chi connectivity index (χ0v) is 39.8. The lowest BCUT2D eigenvalue weighted by molar-refractivity contribution is 0.487. The van der Waals surface area contributed by atoms with Crippen molar-refractivity contribution in [3.05, 3.63) is 282 Å². The van der Waals surface area contributed by atoms with Crippen LogP contribution in [-0.4, -0.2) is 0 Å². The molecule has 0 saturated heterocycles. The van der Waals surface area contributed by atoms with Crippen LogP contribution in [0.1, 0.15) is 60.1 Å². The van der Waals surface area contributed by atoms with Crippen LogP contribution < -0.4 is 14.5 Å². The first-order valence-electron chi connectivity index (χ1n) is 25.0. The van der Waals surface area contributed by atoms with Crippen LogP contribution >= 0.6 is 0 Å². The highest BCUT2D eigenvalue weighted by Crippen LogP contribution is 2.59. The average Bonchev–Trinajstić information content (AvgIpc) is 3.85. The summed E-state index contributed by atoms with van der Waals surface area (Å²) in [5.74, 6) is 1.72. The SMILES string of the molecule is CC1(C)c2ccccc2-c2ccc(N(c3ccc4c(c3)C(c3ccccc3)(c3ccccc3)c3ccccc3-4)c3ccc4c5c(cccc35)-c3ccc(N(C5=CC=CCC5)c5ccccc5)cc3O4)cc21. The number of benzene rings is 10. The van der Waals surface area contributed by atoms with Gasteiger partial charge in [-0.15, -0.1) is 0 Å². The van der Waals surface area contributed by atoms with E-state index in [0.29, 0.717) is 0 Å². The Morgan fingerprint density at radius 2 is 0.972 bits per heavy atom. The summed E-state index contributed by atoms with van der Waals surface area (Å²) in [5, 5.41) is 2.24. The number of para-hydroxylation sites is 1. The number of ether oxygens (including phenoxy) is 1. The molecule has 0 spiro atoms. The Bertz CT molecular complexity index is 3790. The van der Waals surface area contributed by atoms with Crippen molar-refractivity contribution in [2.75, 3.05) is 9.80 Å². The Labute approximate surface area is 415 Å². The van der Waals surface area contributed by atoms with Crippen LogP contribution in [-0.2, 0) is 10.8 Å². The van der Waals surface area contributed by atoms with Gasteiger partial charge in [-0.1, -0.05) is 184 Å². The summed E-state index contributed by atoms with van der Waals surface area (Å²) >= 11 is 0. The molecule has 10 aromatic carbocycles. The second-order valence-electron chi connectivity index (χ2n) is 19.9. The van der Waals surface area contributed by atoms with E-state index in [1.54, 1.807) is 0 Å². The minimum atomic E-state index is -0.547. The molecular formula is C68H50N2O. The summed E-state index contributed by atoms with van der Waals surface area (Å²) in [6.45, 7) is 4.74. The average molecular weight is 911 g/mol. The van der Waals surface area contributed by atoms with Crippen molar-refractivity contribution >= 4 is 39.2 Å². The molecule has 0 radical (unpaired) electrons. The van der Waals surface area contributed by atoms with Gasteiger partial charge in [0.2, 0.25) is 0 Å². The molecule has 0 aromatic heterocycles. The fourth-order valence-electron chi connectivity index (χ4n) is 12.6. The smallest absolute Gasteiger partial charge is 0.137 e. The lowest BCUT2D eigenvalue weighted by atomic mass is 9.67. The Morgan fingerprint density at radius 3 is 1.66 bits per heavy atom. The topological polar surface area (TPSA) is 15.7 Å². The summed E-state index contributed by atoms with van der Waals surface area (Å²) in [5.41, 5.74) is 21.2. The maximum atomic E-state index is 7.08. The lowest BCUT2D eigenvalue weighted by Gasteiger charge is -2.35. The van der Waals surface area contributed by atoms with Crippen LogP contribution in [0.15, 0.2) is 248 Å². The lowest BCUT2D eigenvalue weighted by Crippen LogP contribution is -2.28. The monoisotopic (exact) mass is 910 g/mol. The molecule has 10 aromatic rings. The zero-order valence-electron chi connectivity index (χ0n) is 39.8. The van der Waals surface area contributed by atoms with Crippen molar-refractivity contribution in [2.24, 2.45) is 0 Å². The van der Waals surface area contributed by atoms with Gasteiger partial charge in [0.25, 0.3) is 0 Å². The van der Waals surface area contributed by atoms with Crippen LogP contribution in [0.4, 0.5) is 28.4 Å². The van der Waals surface area contributed by atoms with E-state index < -0.39 is 5.41 Å². The maximum absolute atomic E-state index is 7.08. The van der Waals surface area contributed by atoms with Crippen LogP contribution in [0.25, 0.3) is 44.2 Å². The third-order valence-corrected chi connectivity index (χ3v) is 15.8. The van der Waals surface area contributed by atoms with Gasteiger partial charge in [0, 0.05) is 56.3 Å². The largest absolute Gasteiger partial charge is 0.456 e. The molecule has 1 heterocycles. The van der Waals surface area contributed by atoms with E-state index in [1.807, 2.05) is 0 Å². The number of hydrogen-bond acceptors (Lipinski definition) is 3. The van der Waals surface area contributed by atoms with Crippen molar-refractivity contribution in [1.82, 2.24) is 0 Å². The second-order valence-corrected chi connectivity index (χ2v) is 19.9. The van der Waals surface area contributed by atoms with Crippen molar-refractivity contribution in [2.45, 2.75) is 37.5 Å². The van der Waals surface area contributed by atoms with Crippen LogP contribution in [0.3, 0.4) is 0 Å². The van der Waals surface area contributed by atoms with Crippen molar-refractivity contribution in [3.8, 4) is 44.9 Å². The molecule has 3 aliphatic carbocycles. The molecule has 338 valence electrons. The Morgan fingerprint density at radius 1 is 0.408 bits per heavy atom. The van der Waals surface area contributed by atoms with E-state index in [0.717, 1.165) is 69.1 Å². The number of rotatable bonds is 8. The first kappa shape index (κ1) is 41.3. The van der Waals surface area contributed by atoms with Gasteiger partial charge in [-0.2, -0.15) is 0 Å². The standard InChI is InChI=1S/C68H50N2O/c1-67(2)59-32-17-15-28-52(59)54-37-34-49(42-61(54)67)70(50-35-38-55-53-29-16-18-33-60(53)68(62(55)43-50,45-20-7-3-8-21-45)46-22-9-4-10-23-46)63-40-41-64-66-57(30-19-31-58(63)66)56-39-36-51(44-65(56)71-64)69(47-24-11-5-12-25-47)48-26-13-6-14-27-48/h3-13,15-26,28-44H,14,27H2,1-2H3. The predicted molar refractivity (Wildman–Crippen MR) is 294 cm³/mol. The molecule has 3 heteroatoms. The quantitative estimate of drug-likeness (QED) is 0.151. The molecule has 1 aliphatic heterocycles. The zero-order chi connectivity index (χ0) is 47.3. The third-order valence-electron chi connectivity index (χ3n) is 15.8. The molecule has 0 bridgehead atoms. The molecular weight excluding hydrogens is 861 g/mol. The van der Waals surface area contributed by atoms with E-state index in [1.165, 1.54) is 66.9 Å². The number of allylic oxidation sites excluding steroid dienone is 4. The number of nitrogens with zero attached hydrogens (tertiary/aromatic N) is 2. The highest BCUT2D eigenvalue weighted by molar-refractivity contribution is 6.11. The minimum absolute atomic E-state index is 0.181. The summed E-state index contributed by atoms with van der Waals surface area (Å²) in [6.07, 6.45) is 8.64. The summed E-state index contributed by atoms with van der Waals surface area (Å²) in [7, 11) is 0. The molecule has 3 nitrogen and oxygen atoms in total. The van der Waals surface area contributed by atoms with Gasteiger partial charge in [0.05, 0.1) is 11.1 Å². The van der Waals surface area contributed by atoms with Gasteiger partial charge in [0.1, 0.15) is 11.5 Å². The first-order chi connectivity index (χ1) is 35.0. The summed E-state index contributed by atoms with van der Waals surface area (Å²) < 4.78 is 7.08. The normalized spacial score (nSPS) is 14.9. The minimum Gasteiger partial charge on any atom is -0.456 e. The molecule has 71 heavy (non-hydrogen) atoms. The van der Waals surface area contributed by atoms with Gasteiger partial charge in [-0.25, -0.2) is 0 Å². The van der Waals surface area contributed by atoms with Gasteiger partial charge in [0.15, 0.2) is 0 Å². The fraction of sp³-hybridized carbons (Fsp3) is 0.0882. The Balaban J connectivity index is 0.982. The Hall–Kier alpha value is -8.66. The van der Waals surface area contributed by atoms with Crippen molar-refractivity contribution < 1.29 is 4.74 Å². The Kier molecular flexibility index (Phi) is 9.28. The third kappa shape index (κ3) is 6.15. The molecule has 0 fully saturated rings. The molecule has 14 rings (SSSR count). The van der Waals surface area contributed by atoms with Crippen molar-refractivity contribution in [3.63, 3.8) is 0 Å². The number of hydrogen-bond donors (Lipinski definition) is 0. The van der Waals surface area contributed by atoms with Crippen LogP contribution in [0.5, 0.6) is 11.5 Å².